The van der Waals surface area contributed by atoms with E-state index in [9.17, 15) is 4.79 Å². The van der Waals surface area contributed by atoms with E-state index in [2.05, 4.69) is 0 Å². The zero-order valence-electron chi connectivity index (χ0n) is 6.83. The molecule has 0 spiro atoms. The molecule has 0 heterocycles. The summed E-state index contributed by atoms with van der Waals surface area (Å²) in [5, 5.41) is 0. The van der Waals surface area contributed by atoms with E-state index in [1.54, 1.807) is 18.2 Å². The summed E-state index contributed by atoms with van der Waals surface area (Å²) in [6, 6.07) is 6.97. The van der Waals surface area contributed by atoms with Crippen molar-refractivity contribution in [3.8, 4) is 5.75 Å². The molecule has 0 unspecified atom stereocenters. The molecule has 0 aliphatic heterocycles. The fourth-order valence-electron chi connectivity index (χ4n) is 0.885. The molecule has 0 aliphatic rings. The molecule has 0 fully saturated rings. The largest absolute Gasteiger partial charge is 0.427 e. The standard InChI is InChI=1S/C9H10NO2/c1-7(11)12-9-4-2-3-8(5-9)6-10/h2-5,10H,6H2,1H3. The lowest BCUT2D eigenvalue weighted by Crippen LogP contribution is -2.01. The summed E-state index contributed by atoms with van der Waals surface area (Å²) in [6.45, 7) is 1.56. The number of carbonyl (C=O) groups excluding carboxylic acids is 1. The van der Waals surface area contributed by atoms with Gasteiger partial charge in [0, 0.05) is 13.5 Å². The molecule has 3 nitrogen and oxygen atoms in total. The molecular formula is C9H10NO2. The average molecular weight is 164 g/mol. The molecule has 0 bridgehead atoms. The first-order valence-electron chi connectivity index (χ1n) is 3.64. The van der Waals surface area contributed by atoms with Crippen LogP contribution in [0.25, 0.3) is 0 Å². The minimum absolute atomic E-state index is 0.203. The van der Waals surface area contributed by atoms with Gasteiger partial charge in [0.15, 0.2) is 0 Å². The van der Waals surface area contributed by atoms with E-state index in [-0.39, 0.29) is 12.5 Å². The SMILES string of the molecule is CC(=O)Oc1cccc(C[NH])c1. The van der Waals surface area contributed by atoms with Crippen LogP contribution in [-0.4, -0.2) is 5.97 Å². The van der Waals surface area contributed by atoms with Crippen LogP contribution in [0.1, 0.15) is 12.5 Å². The summed E-state index contributed by atoms with van der Waals surface area (Å²) >= 11 is 0. The summed E-state index contributed by atoms with van der Waals surface area (Å²) in [6.07, 6.45) is 0. The van der Waals surface area contributed by atoms with E-state index in [0.29, 0.717) is 5.75 Å². The predicted octanol–water partition coefficient (Wildman–Crippen LogP) is 1.39. The van der Waals surface area contributed by atoms with Crippen molar-refractivity contribution >= 4 is 5.97 Å². The molecule has 0 amide bonds. The Morgan fingerprint density at radius 3 is 2.92 bits per heavy atom. The van der Waals surface area contributed by atoms with Crippen LogP contribution in [0.2, 0.25) is 0 Å². The molecule has 0 aromatic heterocycles. The third-order valence-electron chi connectivity index (χ3n) is 1.36. The number of rotatable bonds is 2. The Labute approximate surface area is 71.1 Å². The van der Waals surface area contributed by atoms with Gasteiger partial charge in [0.05, 0.1) is 0 Å². The molecule has 1 rings (SSSR count). The first-order valence-corrected chi connectivity index (χ1v) is 3.64. The zero-order chi connectivity index (χ0) is 8.97. The van der Waals surface area contributed by atoms with Crippen molar-refractivity contribution in [3.63, 3.8) is 0 Å². The molecule has 0 saturated heterocycles. The van der Waals surface area contributed by atoms with Crippen LogP contribution in [0.3, 0.4) is 0 Å². The van der Waals surface area contributed by atoms with E-state index in [1.165, 1.54) is 6.92 Å². The Kier molecular flexibility index (Phi) is 2.82. The highest BCUT2D eigenvalue weighted by Crippen LogP contribution is 2.12. The Bertz CT molecular complexity index is 284. The molecular weight excluding hydrogens is 154 g/mol. The topological polar surface area (TPSA) is 50.1 Å². The average Bonchev–Trinajstić information content (AvgIpc) is 2.03. The van der Waals surface area contributed by atoms with Crippen molar-refractivity contribution in [1.82, 2.24) is 5.73 Å². The van der Waals surface area contributed by atoms with Crippen LogP contribution in [0.4, 0.5) is 0 Å². The van der Waals surface area contributed by atoms with E-state index >= 15 is 0 Å². The van der Waals surface area contributed by atoms with Crippen LogP contribution in [-0.2, 0) is 11.3 Å². The van der Waals surface area contributed by atoms with Gasteiger partial charge in [-0.3, -0.25) is 10.5 Å². The molecule has 0 atom stereocenters. The van der Waals surface area contributed by atoms with Crippen LogP contribution in [0, 0.1) is 0 Å². The van der Waals surface area contributed by atoms with E-state index < -0.39 is 0 Å². The van der Waals surface area contributed by atoms with Gasteiger partial charge >= 0.3 is 5.97 Å². The highest BCUT2D eigenvalue weighted by Gasteiger charge is 1.97. The Morgan fingerprint density at radius 1 is 1.58 bits per heavy atom. The van der Waals surface area contributed by atoms with Crippen LogP contribution >= 0.6 is 0 Å². The second-order valence-corrected chi connectivity index (χ2v) is 2.42. The fraction of sp³-hybridized carbons (Fsp3) is 0.222. The van der Waals surface area contributed by atoms with E-state index in [0.717, 1.165) is 5.56 Å². The van der Waals surface area contributed by atoms with Gasteiger partial charge in [-0.25, -0.2) is 0 Å². The molecule has 12 heavy (non-hydrogen) atoms. The molecule has 0 saturated carbocycles. The number of carbonyl (C=O) groups is 1. The second kappa shape index (κ2) is 3.88. The highest BCUT2D eigenvalue weighted by molar-refractivity contribution is 5.69. The lowest BCUT2D eigenvalue weighted by molar-refractivity contribution is -0.131. The molecule has 0 aliphatic carbocycles. The van der Waals surface area contributed by atoms with Gasteiger partial charge in [0.1, 0.15) is 5.75 Å². The molecule has 1 aromatic rings. The Balaban J connectivity index is 2.79. The van der Waals surface area contributed by atoms with Crippen LogP contribution in [0.5, 0.6) is 5.75 Å². The number of benzene rings is 1. The van der Waals surface area contributed by atoms with Crippen molar-refractivity contribution in [3.05, 3.63) is 29.8 Å². The molecule has 1 radical (unpaired) electrons. The van der Waals surface area contributed by atoms with Gasteiger partial charge < -0.3 is 4.74 Å². The van der Waals surface area contributed by atoms with Gasteiger partial charge in [-0.2, -0.15) is 0 Å². The first-order chi connectivity index (χ1) is 5.72. The smallest absolute Gasteiger partial charge is 0.308 e. The number of hydrogen-bond donors (Lipinski definition) is 0. The fourth-order valence-corrected chi connectivity index (χ4v) is 0.885. The highest BCUT2D eigenvalue weighted by atomic mass is 16.5. The van der Waals surface area contributed by atoms with Crippen molar-refractivity contribution in [2.45, 2.75) is 13.5 Å². The lowest BCUT2D eigenvalue weighted by Gasteiger charge is -2.01. The quantitative estimate of drug-likeness (QED) is 0.490. The van der Waals surface area contributed by atoms with E-state index in [1.807, 2.05) is 6.07 Å². The van der Waals surface area contributed by atoms with Gasteiger partial charge in [-0.1, -0.05) is 12.1 Å². The van der Waals surface area contributed by atoms with Gasteiger partial charge in [0.25, 0.3) is 0 Å². The monoisotopic (exact) mass is 164 g/mol. The van der Waals surface area contributed by atoms with Crippen LogP contribution < -0.4 is 10.5 Å². The molecule has 63 valence electrons. The van der Waals surface area contributed by atoms with Crippen molar-refractivity contribution < 1.29 is 9.53 Å². The Morgan fingerprint density at radius 2 is 2.33 bits per heavy atom. The third-order valence-corrected chi connectivity index (χ3v) is 1.36. The first kappa shape index (κ1) is 8.74. The summed E-state index contributed by atoms with van der Waals surface area (Å²) < 4.78 is 4.83. The Hall–Kier alpha value is -1.35. The van der Waals surface area contributed by atoms with Gasteiger partial charge in [0.2, 0.25) is 0 Å². The maximum Gasteiger partial charge on any atom is 0.308 e. The summed E-state index contributed by atoms with van der Waals surface area (Å²) in [5.41, 5.74) is 7.92. The molecule has 1 aromatic carbocycles. The maximum absolute atomic E-state index is 10.5. The minimum Gasteiger partial charge on any atom is -0.427 e. The van der Waals surface area contributed by atoms with Crippen molar-refractivity contribution in [1.29, 1.82) is 0 Å². The number of ether oxygens (including phenoxy) is 1. The number of esters is 1. The number of hydrogen-bond acceptors (Lipinski definition) is 2. The minimum atomic E-state index is -0.336. The normalized spacial score (nSPS) is 9.50. The zero-order valence-corrected chi connectivity index (χ0v) is 6.83. The summed E-state index contributed by atoms with van der Waals surface area (Å²) in [7, 11) is 0. The lowest BCUT2D eigenvalue weighted by atomic mass is 10.2. The predicted molar refractivity (Wildman–Crippen MR) is 44.6 cm³/mol. The molecule has 3 heteroatoms. The van der Waals surface area contributed by atoms with Crippen LogP contribution in [0.15, 0.2) is 24.3 Å². The van der Waals surface area contributed by atoms with Crippen molar-refractivity contribution in [2.75, 3.05) is 0 Å². The maximum atomic E-state index is 10.5. The third kappa shape index (κ3) is 2.36. The number of nitrogens with one attached hydrogen (secondary N) is 1. The molecule has 1 N–H and O–H groups in total. The van der Waals surface area contributed by atoms with Gasteiger partial charge in [-0.15, -0.1) is 0 Å². The van der Waals surface area contributed by atoms with Gasteiger partial charge in [-0.05, 0) is 17.7 Å². The summed E-state index contributed by atoms with van der Waals surface area (Å²) in [4.78, 5) is 10.5. The second-order valence-electron chi connectivity index (χ2n) is 2.42. The summed E-state index contributed by atoms with van der Waals surface area (Å²) in [5.74, 6) is 0.171. The van der Waals surface area contributed by atoms with Crippen molar-refractivity contribution in [2.24, 2.45) is 0 Å². The van der Waals surface area contributed by atoms with E-state index in [4.69, 9.17) is 10.5 Å².